The number of unbranched alkanes of at least 4 members (excludes halogenated alkanes) is 1. The van der Waals surface area contributed by atoms with Gasteiger partial charge >= 0.3 is 5.97 Å². The van der Waals surface area contributed by atoms with Crippen LogP contribution in [0.1, 0.15) is 79.2 Å². The molecule has 0 saturated carbocycles. The van der Waals surface area contributed by atoms with E-state index in [9.17, 15) is 4.79 Å². The number of ether oxygens (including phenoxy) is 1. The summed E-state index contributed by atoms with van der Waals surface area (Å²) in [7, 11) is 4.09. The summed E-state index contributed by atoms with van der Waals surface area (Å²) in [6.07, 6.45) is 7.16. The fourth-order valence-electron chi connectivity index (χ4n) is 3.83. The standard InChI is InChI=1S/C29H45Cl2N3O2.C2H6/c1-9-11-14-23(36-28(35)29(4,5)6)20-26(27(32)24(31)13-10-2)34(8)18-12-17-33(7)25-16-15-22(30)19-21(25)3;1-2/h10,13,15-16,19,23H,2,9,11-12,14,17-18,20,32H2,1,3-8H3;1-2H3/b24-13+,27-26-;. The summed E-state index contributed by atoms with van der Waals surface area (Å²) in [5.74, 6) is -0.211. The SMILES string of the molecule is C=C/C=C(Cl)\C(N)=C(/CC(CCCC)OC(=O)C(C)(C)C)N(C)CCCN(C)c1ccc(Cl)cc1C.CC. The van der Waals surface area contributed by atoms with Gasteiger partial charge in [0, 0.05) is 50.0 Å². The summed E-state index contributed by atoms with van der Waals surface area (Å²) < 4.78 is 5.95. The number of benzene rings is 1. The molecule has 0 amide bonds. The van der Waals surface area contributed by atoms with Crippen molar-refractivity contribution >= 4 is 34.9 Å². The van der Waals surface area contributed by atoms with Gasteiger partial charge in [-0.15, -0.1) is 0 Å². The number of allylic oxidation sites excluding steroid dienone is 3. The van der Waals surface area contributed by atoms with Gasteiger partial charge < -0.3 is 20.3 Å². The number of aryl methyl sites for hydroxylation is 1. The smallest absolute Gasteiger partial charge is 0.311 e. The molecule has 0 radical (unpaired) electrons. The lowest BCUT2D eigenvalue weighted by Crippen LogP contribution is -2.32. The monoisotopic (exact) mass is 567 g/mol. The first kappa shape index (κ1) is 35.9. The predicted octanol–water partition coefficient (Wildman–Crippen LogP) is 8.45. The minimum atomic E-state index is -0.573. The minimum Gasteiger partial charge on any atom is -0.462 e. The van der Waals surface area contributed by atoms with Crippen molar-refractivity contribution in [3.05, 3.63) is 63.9 Å². The summed E-state index contributed by atoms with van der Waals surface area (Å²) in [5, 5.41) is 1.17. The molecule has 1 aromatic carbocycles. The van der Waals surface area contributed by atoms with Gasteiger partial charge in [-0.2, -0.15) is 0 Å². The highest BCUT2D eigenvalue weighted by Crippen LogP contribution is 2.27. The molecule has 2 N–H and O–H groups in total. The molecule has 1 aromatic rings. The number of halogens is 2. The molecular weight excluding hydrogens is 517 g/mol. The van der Waals surface area contributed by atoms with E-state index >= 15 is 0 Å². The number of rotatable bonds is 14. The van der Waals surface area contributed by atoms with Crippen LogP contribution in [-0.2, 0) is 9.53 Å². The molecule has 1 unspecified atom stereocenters. The Kier molecular flexibility index (Phi) is 17.2. The quantitative estimate of drug-likeness (QED) is 0.180. The number of anilines is 1. The zero-order valence-corrected chi connectivity index (χ0v) is 26.7. The van der Waals surface area contributed by atoms with E-state index in [1.165, 1.54) is 0 Å². The molecule has 0 aliphatic heterocycles. The van der Waals surface area contributed by atoms with Crippen molar-refractivity contribution in [2.75, 3.05) is 32.1 Å². The fourth-order valence-corrected chi connectivity index (χ4v) is 4.25. The van der Waals surface area contributed by atoms with Gasteiger partial charge in [0.1, 0.15) is 6.10 Å². The number of esters is 1. The Hall–Kier alpha value is -2.11. The number of hydrogen-bond acceptors (Lipinski definition) is 5. The van der Waals surface area contributed by atoms with Crippen molar-refractivity contribution in [3.8, 4) is 0 Å². The van der Waals surface area contributed by atoms with E-state index in [2.05, 4.69) is 37.3 Å². The number of nitrogens with zero attached hydrogens (tertiary/aromatic N) is 2. The van der Waals surface area contributed by atoms with Crippen LogP contribution in [0.3, 0.4) is 0 Å². The Bertz CT molecular complexity index is 936. The van der Waals surface area contributed by atoms with Crippen molar-refractivity contribution in [2.45, 2.75) is 86.7 Å². The van der Waals surface area contributed by atoms with Gasteiger partial charge in [-0.3, -0.25) is 4.79 Å². The third kappa shape index (κ3) is 12.6. The van der Waals surface area contributed by atoms with E-state index in [4.69, 9.17) is 33.7 Å². The summed E-state index contributed by atoms with van der Waals surface area (Å²) in [6.45, 7) is 19.1. The molecule has 0 aromatic heterocycles. The van der Waals surface area contributed by atoms with Crippen LogP contribution in [0, 0.1) is 12.3 Å². The van der Waals surface area contributed by atoms with Crippen LogP contribution >= 0.6 is 23.2 Å². The first-order chi connectivity index (χ1) is 17.8. The third-order valence-electron chi connectivity index (χ3n) is 6.04. The second-order valence-electron chi connectivity index (χ2n) is 10.4. The lowest BCUT2D eigenvalue weighted by molar-refractivity contribution is -0.159. The Morgan fingerprint density at radius 2 is 1.82 bits per heavy atom. The number of carbonyl (C=O) groups excluding carboxylic acids is 1. The van der Waals surface area contributed by atoms with Gasteiger partial charge in [-0.05, 0) is 70.4 Å². The molecule has 216 valence electrons. The van der Waals surface area contributed by atoms with E-state index in [1.807, 2.05) is 59.9 Å². The topological polar surface area (TPSA) is 58.8 Å². The van der Waals surface area contributed by atoms with E-state index in [-0.39, 0.29) is 12.1 Å². The predicted molar refractivity (Wildman–Crippen MR) is 167 cm³/mol. The van der Waals surface area contributed by atoms with Crippen molar-refractivity contribution in [1.82, 2.24) is 4.90 Å². The first-order valence-corrected chi connectivity index (χ1v) is 14.4. The van der Waals surface area contributed by atoms with E-state index < -0.39 is 5.41 Å². The Labute approximate surface area is 242 Å². The van der Waals surface area contributed by atoms with Gasteiger partial charge in [-0.1, -0.05) is 69.5 Å². The van der Waals surface area contributed by atoms with Crippen LogP contribution in [0.4, 0.5) is 5.69 Å². The summed E-state index contributed by atoms with van der Waals surface area (Å²) in [4.78, 5) is 17.0. The van der Waals surface area contributed by atoms with Gasteiger partial charge in [0.05, 0.1) is 16.1 Å². The molecule has 0 fully saturated rings. The van der Waals surface area contributed by atoms with Gasteiger partial charge in [0.2, 0.25) is 0 Å². The number of carbonyl (C=O) groups is 1. The number of nitrogens with two attached hydrogens (primary N) is 1. The zero-order valence-electron chi connectivity index (χ0n) is 25.2. The van der Waals surface area contributed by atoms with Crippen LogP contribution < -0.4 is 10.6 Å². The van der Waals surface area contributed by atoms with Crippen molar-refractivity contribution in [3.63, 3.8) is 0 Å². The van der Waals surface area contributed by atoms with Crippen molar-refractivity contribution in [1.29, 1.82) is 0 Å². The van der Waals surface area contributed by atoms with Crippen molar-refractivity contribution in [2.24, 2.45) is 11.1 Å². The molecule has 1 atom stereocenters. The maximum atomic E-state index is 12.7. The molecule has 0 heterocycles. The Morgan fingerprint density at radius 1 is 1.18 bits per heavy atom. The van der Waals surface area contributed by atoms with Crippen LogP contribution in [0.25, 0.3) is 0 Å². The molecule has 0 saturated heterocycles. The minimum absolute atomic E-state index is 0.211. The molecule has 0 aliphatic carbocycles. The molecule has 0 spiro atoms. The maximum absolute atomic E-state index is 12.7. The Morgan fingerprint density at radius 3 is 2.34 bits per heavy atom. The second kappa shape index (κ2) is 18.2. The average molecular weight is 569 g/mol. The molecule has 7 heteroatoms. The fraction of sp³-hybridized carbons (Fsp3) is 0.581. The second-order valence-corrected chi connectivity index (χ2v) is 11.2. The first-order valence-electron chi connectivity index (χ1n) is 13.7. The summed E-state index contributed by atoms with van der Waals surface area (Å²) in [6, 6.07) is 5.94. The highest BCUT2D eigenvalue weighted by molar-refractivity contribution is 6.32. The molecule has 0 aliphatic rings. The normalized spacial score (nSPS) is 13.1. The summed E-state index contributed by atoms with van der Waals surface area (Å²) in [5.41, 5.74) is 9.60. The van der Waals surface area contributed by atoms with E-state index in [0.29, 0.717) is 17.2 Å². The van der Waals surface area contributed by atoms with Crippen molar-refractivity contribution < 1.29 is 9.53 Å². The molecule has 5 nitrogen and oxygen atoms in total. The lowest BCUT2D eigenvalue weighted by Gasteiger charge is -2.30. The lowest BCUT2D eigenvalue weighted by atomic mass is 9.97. The van der Waals surface area contributed by atoms with Crippen LogP contribution in [-0.4, -0.2) is 44.2 Å². The average Bonchev–Trinajstić information content (AvgIpc) is 2.85. The zero-order chi connectivity index (χ0) is 29.5. The van der Waals surface area contributed by atoms with E-state index in [0.717, 1.165) is 60.7 Å². The third-order valence-corrected chi connectivity index (χ3v) is 6.60. The van der Waals surface area contributed by atoms with E-state index in [1.54, 1.807) is 12.2 Å². The highest BCUT2D eigenvalue weighted by atomic mass is 35.5. The number of hydrogen-bond donors (Lipinski definition) is 1. The Balaban J connectivity index is 0.00000667. The van der Waals surface area contributed by atoms with Crippen LogP contribution in [0.2, 0.25) is 5.02 Å². The molecule has 38 heavy (non-hydrogen) atoms. The molecule has 1 rings (SSSR count). The van der Waals surface area contributed by atoms with Crippen LogP contribution in [0.5, 0.6) is 0 Å². The van der Waals surface area contributed by atoms with Gasteiger partial charge in [0.15, 0.2) is 0 Å². The van der Waals surface area contributed by atoms with Gasteiger partial charge in [-0.25, -0.2) is 0 Å². The van der Waals surface area contributed by atoms with Crippen LogP contribution in [0.15, 0.2) is 53.4 Å². The summed E-state index contributed by atoms with van der Waals surface area (Å²) >= 11 is 12.6. The van der Waals surface area contributed by atoms with Gasteiger partial charge in [0.25, 0.3) is 0 Å². The molecule has 0 bridgehead atoms. The maximum Gasteiger partial charge on any atom is 0.311 e. The largest absolute Gasteiger partial charge is 0.462 e. The molecular formula is C31H51Cl2N3O2. The highest BCUT2D eigenvalue weighted by Gasteiger charge is 2.28.